The average molecular weight is 290 g/mol. The van der Waals surface area contributed by atoms with Gasteiger partial charge in [-0.25, -0.2) is 4.98 Å². The molecule has 2 atom stereocenters. The van der Waals surface area contributed by atoms with Crippen molar-refractivity contribution in [3.63, 3.8) is 0 Å². The third-order valence-corrected chi connectivity index (χ3v) is 5.94. The minimum atomic E-state index is 0.209. The summed E-state index contributed by atoms with van der Waals surface area (Å²) in [6.45, 7) is 8.68. The van der Waals surface area contributed by atoms with E-state index >= 15 is 0 Å². The summed E-state index contributed by atoms with van der Waals surface area (Å²) in [5.41, 5.74) is 6.50. The molecule has 0 radical (unpaired) electrons. The first-order chi connectivity index (χ1) is 10.1. The van der Waals surface area contributed by atoms with E-state index in [1.807, 2.05) is 6.20 Å². The number of rotatable bonds is 3. The highest BCUT2D eigenvalue weighted by atomic mass is 15.3. The minimum absolute atomic E-state index is 0.209. The second-order valence-electron chi connectivity index (χ2n) is 7.32. The molecule has 3 rings (SSSR count). The van der Waals surface area contributed by atoms with E-state index in [9.17, 15) is 0 Å². The largest absolute Gasteiger partial charge is 0.333 e. The highest BCUT2D eigenvalue weighted by Gasteiger charge is 2.39. The lowest BCUT2D eigenvalue weighted by molar-refractivity contribution is 0.0484. The maximum absolute atomic E-state index is 6.29. The molecule has 0 bridgehead atoms. The molecule has 0 aromatic carbocycles. The molecule has 2 unspecified atom stereocenters. The molecule has 4 heteroatoms. The summed E-state index contributed by atoms with van der Waals surface area (Å²) in [6, 6.07) is 0. The quantitative estimate of drug-likeness (QED) is 0.871. The van der Waals surface area contributed by atoms with Gasteiger partial charge in [0.05, 0.1) is 6.54 Å². The molecule has 2 aliphatic rings. The summed E-state index contributed by atoms with van der Waals surface area (Å²) in [5, 5.41) is 0. The molecule has 1 aliphatic carbocycles. The van der Waals surface area contributed by atoms with E-state index in [0.29, 0.717) is 0 Å². The fourth-order valence-corrected chi connectivity index (χ4v) is 4.31. The van der Waals surface area contributed by atoms with Crippen LogP contribution in [0.1, 0.15) is 51.8 Å². The fraction of sp³-hybridized carbons (Fsp3) is 0.824. The summed E-state index contributed by atoms with van der Waals surface area (Å²) < 4.78 is 2.29. The van der Waals surface area contributed by atoms with Gasteiger partial charge in [-0.2, -0.15) is 0 Å². The standard InChI is InChI=1S/C17H30N4/c1-14(2)15-4-3-6-17(13-18,7-5-15)21-11-10-20-9-8-19-16(20)12-21/h8-9,14-15H,3-7,10-13,18H2,1-2H3. The van der Waals surface area contributed by atoms with Crippen molar-refractivity contribution < 1.29 is 0 Å². The molecule has 0 amide bonds. The Bertz CT molecular complexity index is 467. The van der Waals surface area contributed by atoms with Crippen LogP contribution in [0.4, 0.5) is 0 Å². The first-order valence-corrected chi connectivity index (χ1v) is 8.60. The molecule has 4 nitrogen and oxygen atoms in total. The number of fused-ring (bicyclic) bond motifs is 1. The Labute approximate surface area is 128 Å². The number of imidazole rings is 1. The Kier molecular flexibility index (Phi) is 4.36. The summed E-state index contributed by atoms with van der Waals surface area (Å²) in [7, 11) is 0. The molecule has 1 saturated carbocycles. The molecule has 2 N–H and O–H groups in total. The SMILES string of the molecule is CC(C)C1CCCC(CN)(N2CCn3ccnc3C2)CC1. The van der Waals surface area contributed by atoms with Gasteiger partial charge in [0.1, 0.15) is 5.82 Å². The van der Waals surface area contributed by atoms with Crippen molar-refractivity contribution in [2.45, 2.75) is 64.6 Å². The summed E-state index contributed by atoms with van der Waals surface area (Å²) >= 11 is 0. The Morgan fingerprint density at radius 1 is 1.33 bits per heavy atom. The van der Waals surface area contributed by atoms with Crippen molar-refractivity contribution in [2.24, 2.45) is 17.6 Å². The van der Waals surface area contributed by atoms with Crippen LogP contribution in [0.3, 0.4) is 0 Å². The zero-order chi connectivity index (χ0) is 14.9. The highest BCUT2D eigenvalue weighted by Crippen LogP contribution is 2.38. The molecule has 1 aromatic heterocycles. The Morgan fingerprint density at radius 3 is 2.95 bits per heavy atom. The number of nitrogens with zero attached hydrogens (tertiary/aromatic N) is 3. The van der Waals surface area contributed by atoms with Gasteiger partial charge >= 0.3 is 0 Å². The topological polar surface area (TPSA) is 47.1 Å². The number of nitrogens with two attached hydrogens (primary N) is 1. The molecule has 2 heterocycles. The molecule has 0 spiro atoms. The van der Waals surface area contributed by atoms with Gasteiger partial charge in [-0.15, -0.1) is 0 Å². The van der Waals surface area contributed by atoms with Gasteiger partial charge in [0.2, 0.25) is 0 Å². The zero-order valence-corrected chi connectivity index (χ0v) is 13.6. The van der Waals surface area contributed by atoms with Gasteiger partial charge in [-0.3, -0.25) is 4.90 Å². The van der Waals surface area contributed by atoms with E-state index in [1.165, 1.54) is 37.9 Å². The van der Waals surface area contributed by atoms with Crippen LogP contribution < -0.4 is 5.73 Å². The summed E-state index contributed by atoms with van der Waals surface area (Å²) in [6.07, 6.45) is 10.6. The van der Waals surface area contributed by atoms with Gasteiger partial charge in [0.25, 0.3) is 0 Å². The van der Waals surface area contributed by atoms with Crippen LogP contribution in [-0.4, -0.2) is 33.1 Å². The molecule has 1 aliphatic heterocycles. The number of hydrogen-bond donors (Lipinski definition) is 1. The summed E-state index contributed by atoms with van der Waals surface area (Å²) in [4.78, 5) is 7.15. The fourth-order valence-electron chi connectivity index (χ4n) is 4.31. The van der Waals surface area contributed by atoms with Crippen LogP contribution in [0, 0.1) is 11.8 Å². The monoisotopic (exact) mass is 290 g/mol. The first kappa shape index (κ1) is 15.0. The van der Waals surface area contributed by atoms with Gasteiger partial charge < -0.3 is 10.3 Å². The van der Waals surface area contributed by atoms with Crippen LogP contribution >= 0.6 is 0 Å². The van der Waals surface area contributed by atoms with E-state index in [0.717, 1.165) is 38.0 Å². The van der Waals surface area contributed by atoms with Crippen molar-refractivity contribution in [2.75, 3.05) is 13.1 Å². The van der Waals surface area contributed by atoms with E-state index < -0.39 is 0 Å². The van der Waals surface area contributed by atoms with Crippen molar-refractivity contribution in [1.82, 2.24) is 14.5 Å². The molecular formula is C17H30N4. The molecular weight excluding hydrogens is 260 g/mol. The molecule has 0 saturated heterocycles. The zero-order valence-electron chi connectivity index (χ0n) is 13.6. The lowest BCUT2D eigenvalue weighted by Crippen LogP contribution is -2.55. The Morgan fingerprint density at radius 2 is 2.19 bits per heavy atom. The van der Waals surface area contributed by atoms with Crippen molar-refractivity contribution in [3.8, 4) is 0 Å². The van der Waals surface area contributed by atoms with Crippen LogP contribution in [0.25, 0.3) is 0 Å². The molecule has 1 fully saturated rings. The van der Waals surface area contributed by atoms with Crippen LogP contribution in [-0.2, 0) is 13.1 Å². The number of aromatic nitrogens is 2. The van der Waals surface area contributed by atoms with Gasteiger partial charge in [-0.1, -0.05) is 26.7 Å². The Hall–Kier alpha value is -0.870. The second-order valence-corrected chi connectivity index (χ2v) is 7.32. The molecule has 21 heavy (non-hydrogen) atoms. The predicted molar refractivity (Wildman–Crippen MR) is 85.8 cm³/mol. The van der Waals surface area contributed by atoms with Gasteiger partial charge in [-0.05, 0) is 31.1 Å². The third kappa shape index (κ3) is 2.88. The van der Waals surface area contributed by atoms with Crippen LogP contribution in [0.2, 0.25) is 0 Å². The van der Waals surface area contributed by atoms with Crippen LogP contribution in [0.5, 0.6) is 0 Å². The highest BCUT2D eigenvalue weighted by molar-refractivity contribution is 5.02. The number of hydrogen-bond acceptors (Lipinski definition) is 3. The summed E-state index contributed by atoms with van der Waals surface area (Å²) in [5.74, 6) is 2.89. The van der Waals surface area contributed by atoms with Gasteiger partial charge in [0, 0.05) is 37.6 Å². The Balaban J connectivity index is 1.75. The molecule has 1 aromatic rings. The predicted octanol–water partition coefficient (Wildman–Crippen LogP) is 2.63. The maximum atomic E-state index is 6.29. The lowest BCUT2D eigenvalue weighted by Gasteiger charge is -2.45. The first-order valence-electron chi connectivity index (χ1n) is 8.60. The molecule has 118 valence electrons. The minimum Gasteiger partial charge on any atom is -0.333 e. The van der Waals surface area contributed by atoms with Crippen molar-refractivity contribution in [3.05, 3.63) is 18.2 Å². The third-order valence-electron chi connectivity index (χ3n) is 5.94. The second kappa shape index (κ2) is 6.09. The lowest BCUT2D eigenvalue weighted by atomic mass is 9.85. The van der Waals surface area contributed by atoms with Crippen molar-refractivity contribution >= 4 is 0 Å². The van der Waals surface area contributed by atoms with E-state index in [4.69, 9.17) is 5.73 Å². The van der Waals surface area contributed by atoms with E-state index in [2.05, 4.69) is 34.5 Å². The maximum Gasteiger partial charge on any atom is 0.122 e. The normalized spacial score (nSPS) is 31.1. The average Bonchev–Trinajstić information content (AvgIpc) is 2.84. The van der Waals surface area contributed by atoms with E-state index in [-0.39, 0.29) is 5.54 Å². The van der Waals surface area contributed by atoms with Gasteiger partial charge in [0.15, 0.2) is 0 Å². The van der Waals surface area contributed by atoms with Crippen molar-refractivity contribution in [1.29, 1.82) is 0 Å². The smallest absolute Gasteiger partial charge is 0.122 e. The van der Waals surface area contributed by atoms with E-state index in [1.54, 1.807) is 0 Å². The van der Waals surface area contributed by atoms with Crippen LogP contribution in [0.15, 0.2) is 12.4 Å².